The Kier molecular flexibility index (Phi) is 3.81. The Labute approximate surface area is 97.6 Å². The molecule has 0 bridgehead atoms. The Hall–Kier alpha value is -1.05. The average Bonchev–Trinajstić information content (AvgIpc) is 2.83. The minimum Gasteiger partial charge on any atom is -0.395 e. The van der Waals surface area contributed by atoms with E-state index in [4.69, 9.17) is 5.11 Å². The van der Waals surface area contributed by atoms with Crippen LogP contribution in [-0.2, 0) is 0 Å². The van der Waals surface area contributed by atoms with E-state index < -0.39 is 0 Å². The monoisotopic (exact) mass is 242 g/mol. The van der Waals surface area contributed by atoms with E-state index in [1.165, 1.54) is 6.20 Å². The highest BCUT2D eigenvalue weighted by atomic mass is 32.1. The number of hydrogen-bond donors (Lipinski definition) is 1. The van der Waals surface area contributed by atoms with Crippen molar-refractivity contribution in [3.63, 3.8) is 0 Å². The number of aromatic nitrogens is 2. The summed E-state index contributed by atoms with van der Waals surface area (Å²) in [5, 5.41) is 12.5. The first-order valence-corrected chi connectivity index (χ1v) is 5.98. The van der Waals surface area contributed by atoms with Gasteiger partial charge >= 0.3 is 0 Å². The number of aliphatic hydroxyl groups is 1. The maximum atomic E-state index is 11.9. The normalized spacial score (nSPS) is 17.7. The summed E-state index contributed by atoms with van der Waals surface area (Å²) in [5.41, 5.74) is 0. The number of nitrogens with zero attached hydrogens (tertiary/aromatic N) is 4. The molecule has 1 fully saturated rings. The molecule has 16 heavy (non-hydrogen) atoms. The van der Waals surface area contributed by atoms with Crippen molar-refractivity contribution in [2.75, 3.05) is 39.3 Å². The van der Waals surface area contributed by atoms with Gasteiger partial charge in [-0.25, -0.2) is 0 Å². The molecule has 0 unspecified atom stereocenters. The number of amides is 1. The summed E-state index contributed by atoms with van der Waals surface area (Å²) in [6.07, 6.45) is 1.51. The number of rotatable bonds is 3. The smallest absolute Gasteiger partial charge is 0.267 e. The number of aliphatic hydroxyl groups excluding tert-OH is 1. The van der Waals surface area contributed by atoms with Gasteiger partial charge in [0.25, 0.3) is 5.91 Å². The lowest BCUT2D eigenvalue weighted by molar-refractivity contribution is 0.0619. The van der Waals surface area contributed by atoms with Crippen LogP contribution in [0.2, 0.25) is 0 Å². The summed E-state index contributed by atoms with van der Waals surface area (Å²) in [5.74, 6) is 0.0126. The molecule has 0 aliphatic carbocycles. The van der Waals surface area contributed by atoms with Gasteiger partial charge in [0.15, 0.2) is 0 Å². The molecule has 2 rings (SSSR count). The highest BCUT2D eigenvalue weighted by molar-refractivity contribution is 7.07. The topological polar surface area (TPSA) is 69.6 Å². The Morgan fingerprint density at radius 1 is 1.44 bits per heavy atom. The third-order valence-electron chi connectivity index (χ3n) is 2.65. The molecule has 0 atom stereocenters. The van der Waals surface area contributed by atoms with E-state index in [1.54, 1.807) is 0 Å². The predicted octanol–water partition coefficient (Wildman–Crippen LogP) is -0.712. The molecule has 1 aliphatic rings. The molecule has 0 saturated carbocycles. The fraction of sp³-hybridized carbons (Fsp3) is 0.667. The van der Waals surface area contributed by atoms with Crippen molar-refractivity contribution in [3.05, 3.63) is 11.1 Å². The Balaban J connectivity index is 1.87. The Bertz CT molecular complexity index is 335. The van der Waals surface area contributed by atoms with E-state index in [-0.39, 0.29) is 12.5 Å². The summed E-state index contributed by atoms with van der Waals surface area (Å²) in [6, 6.07) is 0. The minimum absolute atomic E-state index is 0.0126. The molecule has 1 N–H and O–H groups in total. The first-order chi connectivity index (χ1) is 7.81. The van der Waals surface area contributed by atoms with Crippen molar-refractivity contribution in [1.29, 1.82) is 0 Å². The zero-order chi connectivity index (χ0) is 11.4. The van der Waals surface area contributed by atoms with E-state index in [0.717, 1.165) is 24.6 Å². The first kappa shape index (κ1) is 11.4. The van der Waals surface area contributed by atoms with Gasteiger partial charge in [-0.15, -0.1) is 5.10 Å². The van der Waals surface area contributed by atoms with Gasteiger partial charge < -0.3 is 10.0 Å². The van der Waals surface area contributed by atoms with E-state index in [2.05, 4.69) is 14.5 Å². The van der Waals surface area contributed by atoms with E-state index in [0.29, 0.717) is 24.5 Å². The number of carbonyl (C=O) groups is 1. The van der Waals surface area contributed by atoms with Gasteiger partial charge in [-0.1, -0.05) is 4.49 Å². The molecule has 0 radical (unpaired) electrons. The minimum atomic E-state index is 0.0126. The van der Waals surface area contributed by atoms with Crippen molar-refractivity contribution in [3.8, 4) is 0 Å². The first-order valence-electron chi connectivity index (χ1n) is 5.21. The van der Waals surface area contributed by atoms with Crippen LogP contribution >= 0.6 is 11.5 Å². The lowest BCUT2D eigenvalue weighted by Gasteiger charge is -2.33. The molecule has 0 aromatic carbocycles. The second-order valence-electron chi connectivity index (χ2n) is 3.64. The molecular weight excluding hydrogens is 228 g/mol. The molecule has 7 heteroatoms. The Morgan fingerprint density at radius 2 is 2.19 bits per heavy atom. The van der Waals surface area contributed by atoms with Crippen molar-refractivity contribution in [2.24, 2.45) is 0 Å². The van der Waals surface area contributed by atoms with Crippen LogP contribution in [0.5, 0.6) is 0 Å². The fourth-order valence-electron chi connectivity index (χ4n) is 1.73. The fourth-order valence-corrected chi connectivity index (χ4v) is 2.22. The second-order valence-corrected chi connectivity index (χ2v) is 4.42. The van der Waals surface area contributed by atoms with Gasteiger partial charge in [0, 0.05) is 32.7 Å². The molecule has 1 amide bonds. The summed E-state index contributed by atoms with van der Waals surface area (Å²) in [7, 11) is 0. The summed E-state index contributed by atoms with van der Waals surface area (Å²) >= 11 is 1.13. The number of hydrogen-bond acceptors (Lipinski definition) is 6. The molecule has 6 nitrogen and oxygen atoms in total. The molecule has 1 aromatic rings. The standard InChI is InChI=1S/C9H14N4O2S/c14-6-5-12-1-3-13(4-2-12)9(15)8-7-10-11-16-8/h7,14H,1-6H2. The van der Waals surface area contributed by atoms with Gasteiger partial charge in [-0.2, -0.15) is 0 Å². The molecule has 88 valence electrons. The van der Waals surface area contributed by atoms with Crippen molar-refractivity contribution >= 4 is 17.4 Å². The van der Waals surface area contributed by atoms with Gasteiger partial charge in [0.05, 0.1) is 12.8 Å². The van der Waals surface area contributed by atoms with Gasteiger partial charge in [0.2, 0.25) is 0 Å². The molecule has 0 spiro atoms. The van der Waals surface area contributed by atoms with E-state index >= 15 is 0 Å². The van der Waals surface area contributed by atoms with Crippen LogP contribution in [0.1, 0.15) is 9.67 Å². The van der Waals surface area contributed by atoms with E-state index in [1.807, 2.05) is 4.90 Å². The molecule has 1 aromatic heterocycles. The van der Waals surface area contributed by atoms with E-state index in [9.17, 15) is 4.79 Å². The van der Waals surface area contributed by atoms with Crippen LogP contribution in [0.15, 0.2) is 6.20 Å². The predicted molar refractivity (Wildman–Crippen MR) is 59.3 cm³/mol. The van der Waals surface area contributed by atoms with Gasteiger partial charge in [-0.3, -0.25) is 9.69 Å². The molecular formula is C9H14N4O2S. The maximum Gasteiger partial charge on any atom is 0.267 e. The van der Waals surface area contributed by atoms with Crippen LogP contribution in [0.25, 0.3) is 0 Å². The zero-order valence-electron chi connectivity index (χ0n) is 8.87. The highest BCUT2D eigenvalue weighted by Gasteiger charge is 2.22. The number of β-amino-alcohol motifs (C(OH)–C–C–N with tert-alkyl or cyclic N) is 1. The van der Waals surface area contributed by atoms with Crippen LogP contribution in [-0.4, -0.2) is 69.7 Å². The van der Waals surface area contributed by atoms with Gasteiger partial charge in [0.1, 0.15) is 4.88 Å². The highest BCUT2D eigenvalue weighted by Crippen LogP contribution is 2.10. The summed E-state index contributed by atoms with van der Waals surface area (Å²) < 4.78 is 3.68. The zero-order valence-corrected chi connectivity index (χ0v) is 9.69. The largest absolute Gasteiger partial charge is 0.395 e. The second kappa shape index (κ2) is 5.33. The van der Waals surface area contributed by atoms with Crippen LogP contribution in [0.4, 0.5) is 0 Å². The summed E-state index contributed by atoms with van der Waals surface area (Å²) in [6.45, 7) is 3.90. The third kappa shape index (κ3) is 2.55. The average molecular weight is 242 g/mol. The third-order valence-corrected chi connectivity index (χ3v) is 3.30. The number of piperazine rings is 1. The number of carbonyl (C=O) groups excluding carboxylic acids is 1. The van der Waals surface area contributed by atoms with Crippen LogP contribution in [0.3, 0.4) is 0 Å². The Morgan fingerprint density at radius 3 is 2.75 bits per heavy atom. The lowest BCUT2D eigenvalue weighted by atomic mass is 10.3. The molecule has 1 aliphatic heterocycles. The van der Waals surface area contributed by atoms with Crippen molar-refractivity contribution in [1.82, 2.24) is 19.4 Å². The maximum absolute atomic E-state index is 11.9. The quantitative estimate of drug-likeness (QED) is 0.758. The van der Waals surface area contributed by atoms with Crippen LogP contribution in [0, 0.1) is 0 Å². The van der Waals surface area contributed by atoms with Crippen LogP contribution < -0.4 is 0 Å². The lowest BCUT2D eigenvalue weighted by Crippen LogP contribution is -2.49. The van der Waals surface area contributed by atoms with Crippen molar-refractivity contribution in [2.45, 2.75) is 0 Å². The summed E-state index contributed by atoms with van der Waals surface area (Å²) in [4.78, 5) is 16.5. The van der Waals surface area contributed by atoms with Gasteiger partial charge in [-0.05, 0) is 11.5 Å². The van der Waals surface area contributed by atoms with Crippen molar-refractivity contribution < 1.29 is 9.90 Å². The molecule has 2 heterocycles. The SMILES string of the molecule is O=C(c1cnns1)N1CCN(CCO)CC1. The molecule has 1 saturated heterocycles.